The van der Waals surface area contributed by atoms with E-state index in [0.29, 0.717) is 30.3 Å². The molecule has 0 aliphatic carbocycles. The molecular formula is C29H42N4O3S3. The van der Waals surface area contributed by atoms with Crippen molar-refractivity contribution >= 4 is 54.4 Å². The van der Waals surface area contributed by atoms with E-state index in [9.17, 15) is 13.2 Å². The molecular weight excluding hydrogens is 549 g/mol. The van der Waals surface area contributed by atoms with Gasteiger partial charge in [0, 0.05) is 36.6 Å². The van der Waals surface area contributed by atoms with Gasteiger partial charge in [-0.05, 0) is 73.6 Å². The number of fused-ring (bicyclic) bond motifs is 1. The lowest BCUT2D eigenvalue weighted by Gasteiger charge is -2.26. The first kappa shape index (κ1) is 31.5. The molecule has 0 saturated carbocycles. The highest BCUT2D eigenvalue weighted by Crippen LogP contribution is 2.32. The summed E-state index contributed by atoms with van der Waals surface area (Å²) in [6.07, 6.45) is 2.04. The van der Waals surface area contributed by atoms with Gasteiger partial charge in [0.1, 0.15) is 0 Å². The highest BCUT2D eigenvalue weighted by Gasteiger charge is 2.27. The maximum absolute atomic E-state index is 13.8. The van der Waals surface area contributed by atoms with E-state index in [1.807, 2.05) is 46.1 Å². The molecule has 0 saturated heterocycles. The van der Waals surface area contributed by atoms with Crippen molar-refractivity contribution in [2.45, 2.75) is 51.3 Å². The van der Waals surface area contributed by atoms with Gasteiger partial charge in [0.2, 0.25) is 10.0 Å². The molecule has 3 aromatic rings. The Bertz CT molecular complexity index is 1320. The molecule has 2 aromatic carbocycles. The van der Waals surface area contributed by atoms with Crippen molar-refractivity contribution in [1.29, 1.82) is 0 Å². The van der Waals surface area contributed by atoms with Gasteiger partial charge >= 0.3 is 0 Å². The third-order valence-corrected chi connectivity index (χ3v) is 10.1. The van der Waals surface area contributed by atoms with Crippen LogP contribution in [0.3, 0.4) is 0 Å². The van der Waals surface area contributed by atoms with Gasteiger partial charge in [-0.2, -0.15) is 4.31 Å². The zero-order valence-electron chi connectivity index (χ0n) is 24.2. The number of hydrogen-bond donors (Lipinski definition) is 0. The quantitative estimate of drug-likeness (QED) is 0.205. The van der Waals surface area contributed by atoms with E-state index in [4.69, 9.17) is 4.98 Å². The summed E-state index contributed by atoms with van der Waals surface area (Å²) in [5.41, 5.74) is 1.31. The Hall–Kier alpha value is -1.98. The number of hydrogen-bond acceptors (Lipinski definition) is 7. The molecule has 0 atom stereocenters. The van der Waals surface area contributed by atoms with Crippen molar-refractivity contribution in [2.75, 3.05) is 50.4 Å². The van der Waals surface area contributed by atoms with E-state index in [1.54, 1.807) is 45.2 Å². The number of thiazole rings is 1. The first-order valence-electron chi connectivity index (χ1n) is 13.6. The summed E-state index contributed by atoms with van der Waals surface area (Å²) < 4.78 is 29.5. The minimum Gasteiger partial charge on any atom is -0.302 e. The summed E-state index contributed by atoms with van der Waals surface area (Å²) >= 11 is 3.18. The van der Waals surface area contributed by atoms with Crippen molar-refractivity contribution in [3.8, 4) is 0 Å². The standard InChI is InChI=1S/C29H42N4O3S3/c1-8-31(9-2)16-17-33(29-30-26-15-12-24(37-7)18-27(26)38-29)28(34)23-10-13-25(14-11-23)39(35,36)32(19-21(3)4)20-22(5)6/h10-15,18,21-22H,8-9,16-17,19-20H2,1-7H3. The number of anilines is 1. The number of carbonyl (C=O) groups excluding carboxylic acids is 1. The average Bonchev–Trinajstić information content (AvgIpc) is 3.33. The molecule has 0 spiro atoms. The van der Waals surface area contributed by atoms with E-state index >= 15 is 0 Å². The number of sulfonamides is 1. The molecule has 0 unspecified atom stereocenters. The minimum atomic E-state index is -3.67. The number of rotatable bonds is 14. The van der Waals surface area contributed by atoms with Crippen molar-refractivity contribution in [2.24, 2.45) is 11.8 Å². The second kappa shape index (κ2) is 14.1. The Morgan fingerprint density at radius 2 is 1.56 bits per heavy atom. The minimum absolute atomic E-state index is 0.184. The van der Waals surface area contributed by atoms with Crippen LogP contribution in [0.4, 0.5) is 5.13 Å². The fraction of sp³-hybridized carbons (Fsp3) is 0.517. The second-order valence-corrected chi connectivity index (χ2v) is 14.3. The fourth-order valence-electron chi connectivity index (χ4n) is 4.36. The van der Waals surface area contributed by atoms with Crippen LogP contribution in [-0.2, 0) is 10.0 Å². The fourth-order valence-corrected chi connectivity index (χ4v) is 7.67. The summed E-state index contributed by atoms with van der Waals surface area (Å²) in [4.78, 5) is 24.0. The highest BCUT2D eigenvalue weighted by molar-refractivity contribution is 7.98. The van der Waals surface area contributed by atoms with Crippen LogP contribution >= 0.6 is 23.1 Å². The van der Waals surface area contributed by atoms with E-state index in [2.05, 4.69) is 24.8 Å². The van der Waals surface area contributed by atoms with E-state index in [1.165, 1.54) is 11.3 Å². The lowest BCUT2D eigenvalue weighted by atomic mass is 10.2. The van der Waals surface area contributed by atoms with Gasteiger partial charge < -0.3 is 4.90 Å². The van der Waals surface area contributed by atoms with Gasteiger partial charge in [0.15, 0.2) is 5.13 Å². The molecule has 1 aromatic heterocycles. The van der Waals surface area contributed by atoms with Crippen molar-refractivity contribution in [1.82, 2.24) is 14.2 Å². The van der Waals surface area contributed by atoms with Crippen LogP contribution in [0.5, 0.6) is 0 Å². The van der Waals surface area contributed by atoms with E-state index in [0.717, 1.165) is 34.7 Å². The number of nitrogens with zero attached hydrogens (tertiary/aromatic N) is 4. The number of carbonyl (C=O) groups is 1. The molecule has 10 heteroatoms. The van der Waals surface area contributed by atoms with Crippen LogP contribution in [0, 0.1) is 11.8 Å². The van der Waals surface area contributed by atoms with Gasteiger partial charge in [0.05, 0.1) is 15.1 Å². The zero-order valence-corrected chi connectivity index (χ0v) is 26.6. The molecule has 0 radical (unpaired) electrons. The number of benzene rings is 2. The third-order valence-electron chi connectivity index (χ3n) is 6.47. The monoisotopic (exact) mass is 590 g/mol. The van der Waals surface area contributed by atoms with Crippen molar-refractivity contribution < 1.29 is 13.2 Å². The Balaban J connectivity index is 1.93. The van der Waals surface area contributed by atoms with Gasteiger partial charge in [-0.25, -0.2) is 13.4 Å². The maximum atomic E-state index is 13.8. The van der Waals surface area contributed by atoms with E-state index < -0.39 is 10.0 Å². The van der Waals surface area contributed by atoms with Crippen molar-refractivity contribution in [3.63, 3.8) is 0 Å². The Morgan fingerprint density at radius 3 is 2.10 bits per heavy atom. The predicted octanol–water partition coefficient (Wildman–Crippen LogP) is 6.31. The van der Waals surface area contributed by atoms with Gasteiger partial charge in [-0.3, -0.25) is 9.69 Å². The van der Waals surface area contributed by atoms with Crippen LogP contribution in [0.1, 0.15) is 51.9 Å². The Morgan fingerprint density at radius 1 is 0.949 bits per heavy atom. The molecule has 7 nitrogen and oxygen atoms in total. The summed E-state index contributed by atoms with van der Waals surface area (Å²) in [5, 5.41) is 0.650. The largest absolute Gasteiger partial charge is 0.302 e. The molecule has 0 fully saturated rings. The first-order valence-corrected chi connectivity index (χ1v) is 17.1. The summed E-state index contributed by atoms with van der Waals surface area (Å²) in [7, 11) is -3.67. The molecule has 0 aliphatic rings. The average molecular weight is 591 g/mol. The molecule has 214 valence electrons. The molecule has 1 amide bonds. The summed E-state index contributed by atoms with van der Waals surface area (Å²) in [5.74, 6) is 0.232. The van der Waals surface area contributed by atoms with Crippen LogP contribution in [0.2, 0.25) is 0 Å². The summed E-state index contributed by atoms with van der Waals surface area (Å²) in [6.45, 7) is 16.2. The van der Waals surface area contributed by atoms with Gasteiger partial charge in [-0.1, -0.05) is 52.9 Å². The van der Waals surface area contributed by atoms with Crippen LogP contribution in [0.25, 0.3) is 10.2 Å². The molecule has 1 heterocycles. The predicted molar refractivity (Wildman–Crippen MR) is 166 cm³/mol. The molecule has 0 N–H and O–H groups in total. The molecule has 3 rings (SSSR count). The number of aromatic nitrogens is 1. The van der Waals surface area contributed by atoms with E-state index in [-0.39, 0.29) is 22.6 Å². The van der Waals surface area contributed by atoms with Gasteiger partial charge in [0.25, 0.3) is 5.91 Å². The van der Waals surface area contributed by atoms with Crippen LogP contribution in [0.15, 0.2) is 52.3 Å². The maximum Gasteiger partial charge on any atom is 0.260 e. The lowest BCUT2D eigenvalue weighted by Crippen LogP contribution is -2.39. The highest BCUT2D eigenvalue weighted by atomic mass is 32.2. The molecule has 0 bridgehead atoms. The normalized spacial score (nSPS) is 12.4. The molecule has 0 aliphatic heterocycles. The lowest BCUT2D eigenvalue weighted by molar-refractivity contribution is 0.0983. The number of likely N-dealkylation sites (N-methyl/N-ethyl adjacent to an activating group) is 1. The van der Waals surface area contributed by atoms with Crippen LogP contribution < -0.4 is 4.90 Å². The topological polar surface area (TPSA) is 73.8 Å². The Labute approximate surface area is 242 Å². The third kappa shape index (κ3) is 8.04. The zero-order chi connectivity index (χ0) is 28.7. The Kier molecular flexibility index (Phi) is 11.4. The first-order chi connectivity index (χ1) is 18.5. The number of thioether (sulfide) groups is 1. The van der Waals surface area contributed by atoms with Gasteiger partial charge in [-0.15, -0.1) is 11.8 Å². The van der Waals surface area contributed by atoms with Crippen LogP contribution in [-0.4, -0.2) is 74.0 Å². The summed E-state index contributed by atoms with van der Waals surface area (Å²) in [6, 6.07) is 12.5. The smallest absolute Gasteiger partial charge is 0.260 e. The van der Waals surface area contributed by atoms with Crippen molar-refractivity contribution in [3.05, 3.63) is 48.0 Å². The molecule has 39 heavy (non-hydrogen) atoms. The SMILES string of the molecule is CCN(CC)CCN(C(=O)c1ccc(S(=O)(=O)N(CC(C)C)CC(C)C)cc1)c1nc2ccc(SC)cc2s1. The second-order valence-electron chi connectivity index (χ2n) is 10.4. The number of amides is 1.